The molecule has 1 aliphatic heterocycles. The van der Waals surface area contributed by atoms with Gasteiger partial charge in [-0.1, -0.05) is 57.6 Å². The average Bonchev–Trinajstić information content (AvgIpc) is 3.01. The fraction of sp³-hybridized carbons (Fsp3) is 0.524. The fourth-order valence-corrected chi connectivity index (χ4v) is 3.30. The highest BCUT2D eigenvalue weighted by Crippen LogP contribution is 2.23. The highest BCUT2D eigenvalue weighted by atomic mass is 19.1. The predicted molar refractivity (Wildman–Crippen MR) is 96.1 cm³/mol. The third kappa shape index (κ3) is 6.31. The van der Waals surface area contributed by atoms with Gasteiger partial charge < -0.3 is 0 Å². The van der Waals surface area contributed by atoms with Gasteiger partial charge in [-0.3, -0.25) is 4.48 Å². The normalized spacial score (nSPS) is 15.4. The van der Waals surface area contributed by atoms with Crippen LogP contribution in [-0.4, -0.2) is 11.0 Å². The lowest BCUT2D eigenvalue weighted by Crippen LogP contribution is -2.35. The summed E-state index contributed by atoms with van der Waals surface area (Å²) < 4.78 is 13.9. The Morgan fingerprint density at radius 1 is 0.783 bits per heavy atom. The molecule has 0 aromatic heterocycles. The van der Waals surface area contributed by atoms with E-state index in [1.807, 2.05) is 12.1 Å². The van der Waals surface area contributed by atoms with E-state index in [9.17, 15) is 4.39 Å². The molecule has 1 aromatic carbocycles. The number of unbranched alkanes of at least 4 members (excludes halogenated alkanes) is 7. The molecule has 2 rings (SSSR count). The van der Waals surface area contributed by atoms with Crippen molar-refractivity contribution in [2.75, 3.05) is 6.54 Å². The summed E-state index contributed by atoms with van der Waals surface area (Å²) in [5.74, 6) is -0.157. The van der Waals surface area contributed by atoms with Gasteiger partial charge in [0.15, 0.2) is 0 Å². The lowest BCUT2D eigenvalue weighted by atomic mass is 10.1. The number of quaternary nitrogens is 1. The molecule has 0 amide bonds. The highest BCUT2D eigenvalue weighted by Gasteiger charge is 2.24. The van der Waals surface area contributed by atoms with Gasteiger partial charge in [0.05, 0.1) is 6.54 Å². The SMILES string of the molecule is CCCCCCCCCC[N+]1(Cc2ccc(F)cc2)C=CC=C1. The minimum atomic E-state index is -0.157. The van der Waals surface area contributed by atoms with E-state index in [4.69, 9.17) is 0 Å². The third-order valence-electron chi connectivity index (χ3n) is 4.70. The number of halogens is 1. The third-order valence-corrected chi connectivity index (χ3v) is 4.70. The van der Waals surface area contributed by atoms with Gasteiger partial charge in [0.1, 0.15) is 24.8 Å². The van der Waals surface area contributed by atoms with Gasteiger partial charge in [0, 0.05) is 5.56 Å². The summed E-state index contributed by atoms with van der Waals surface area (Å²) in [7, 11) is 0. The zero-order valence-electron chi connectivity index (χ0n) is 14.5. The van der Waals surface area contributed by atoms with Gasteiger partial charge in [-0.15, -0.1) is 0 Å². The topological polar surface area (TPSA) is 0 Å². The van der Waals surface area contributed by atoms with E-state index in [1.54, 1.807) is 12.1 Å². The van der Waals surface area contributed by atoms with E-state index in [1.165, 1.54) is 56.9 Å². The largest absolute Gasteiger partial charge is 0.267 e. The molecule has 0 saturated carbocycles. The van der Waals surface area contributed by atoms with Gasteiger partial charge in [-0.2, -0.15) is 0 Å². The monoisotopic (exact) mass is 316 g/mol. The Labute approximate surface area is 141 Å². The molecular formula is C21H31FN+. The maximum Gasteiger partial charge on any atom is 0.123 e. The lowest BCUT2D eigenvalue weighted by molar-refractivity contribution is -0.840. The van der Waals surface area contributed by atoms with Crippen molar-refractivity contribution in [3.05, 3.63) is 60.2 Å². The second kappa shape index (κ2) is 9.67. The molecule has 0 bridgehead atoms. The van der Waals surface area contributed by atoms with Gasteiger partial charge >= 0.3 is 0 Å². The molecule has 0 atom stereocenters. The van der Waals surface area contributed by atoms with E-state index in [0.717, 1.165) is 17.6 Å². The van der Waals surface area contributed by atoms with Crippen molar-refractivity contribution in [3.63, 3.8) is 0 Å². The van der Waals surface area contributed by atoms with Crippen molar-refractivity contribution in [1.82, 2.24) is 0 Å². The highest BCUT2D eigenvalue weighted by molar-refractivity contribution is 5.16. The van der Waals surface area contributed by atoms with Crippen molar-refractivity contribution in [2.24, 2.45) is 0 Å². The quantitative estimate of drug-likeness (QED) is 0.331. The number of allylic oxidation sites excluding steroid dienone is 2. The molecule has 0 N–H and O–H groups in total. The molecule has 23 heavy (non-hydrogen) atoms. The van der Waals surface area contributed by atoms with Gasteiger partial charge in [0.2, 0.25) is 0 Å². The van der Waals surface area contributed by atoms with Crippen LogP contribution in [0.25, 0.3) is 0 Å². The molecular weight excluding hydrogens is 285 g/mol. The Morgan fingerprint density at radius 3 is 1.96 bits per heavy atom. The van der Waals surface area contributed by atoms with Gasteiger partial charge in [-0.25, -0.2) is 4.39 Å². The van der Waals surface area contributed by atoms with Crippen LogP contribution in [0.1, 0.15) is 63.9 Å². The first-order valence-corrected chi connectivity index (χ1v) is 9.22. The van der Waals surface area contributed by atoms with Crippen molar-refractivity contribution in [1.29, 1.82) is 0 Å². The predicted octanol–water partition coefficient (Wildman–Crippen LogP) is 6.32. The van der Waals surface area contributed by atoms with Crippen LogP contribution in [0.2, 0.25) is 0 Å². The molecule has 0 aliphatic carbocycles. The Bertz CT molecular complexity index is 489. The van der Waals surface area contributed by atoms with Gasteiger partial charge in [0.25, 0.3) is 0 Å². The number of hydrogen-bond donors (Lipinski definition) is 0. The molecule has 2 heteroatoms. The van der Waals surface area contributed by atoms with Crippen LogP contribution >= 0.6 is 0 Å². The lowest BCUT2D eigenvalue weighted by Gasteiger charge is -2.29. The molecule has 0 saturated heterocycles. The van der Waals surface area contributed by atoms with Crippen LogP contribution in [0.3, 0.4) is 0 Å². The van der Waals surface area contributed by atoms with Crippen molar-refractivity contribution in [2.45, 2.75) is 64.8 Å². The summed E-state index contributed by atoms with van der Waals surface area (Å²) in [6.45, 7) is 4.32. The number of rotatable bonds is 11. The summed E-state index contributed by atoms with van der Waals surface area (Å²) in [6.07, 6.45) is 19.6. The van der Waals surface area contributed by atoms with Crippen molar-refractivity contribution < 1.29 is 8.87 Å². The first kappa shape index (κ1) is 17.9. The molecule has 126 valence electrons. The molecule has 0 unspecified atom stereocenters. The summed E-state index contributed by atoms with van der Waals surface area (Å²) in [5.41, 5.74) is 1.20. The summed E-state index contributed by atoms with van der Waals surface area (Å²) >= 11 is 0. The summed E-state index contributed by atoms with van der Waals surface area (Å²) in [4.78, 5) is 0. The zero-order valence-corrected chi connectivity index (χ0v) is 14.5. The molecule has 0 radical (unpaired) electrons. The van der Waals surface area contributed by atoms with E-state index in [2.05, 4.69) is 31.5 Å². The zero-order chi connectivity index (χ0) is 16.4. The Morgan fingerprint density at radius 2 is 1.35 bits per heavy atom. The maximum atomic E-state index is 13.1. The molecule has 1 heterocycles. The van der Waals surface area contributed by atoms with Crippen molar-refractivity contribution >= 4 is 0 Å². The van der Waals surface area contributed by atoms with Crippen LogP contribution in [0.15, 0.2) is 48.8 Å². The van der Waals surface area contributed by atoms with Crippen LogP contribution < -0.4 is 0 Å². The Balaban J connectivity index is 1.72. The average molecular weight is 316 g/mol. The second-order valence-corrected chi connectivity index (χ2v) is 6.77. The Hall–Kier alpha value is -1.41. The molecule has 1 nitrogen and oxygen atoms in total. The fourth-order valence-electron chi connectivity index (χ4n) is 3.30. The molecule has 0 spiro atoms. The Kier molecular flexibility index (Phi) is 7.54. The first-order chi connectivity index (χ1) is 11.2. The van der Waals surface area contributed by atoms with Crippen LogP contribution in [0.5, 0.6) is 0 Å². The minimum Gasteiger partial charge on any atom is -0.267 e. The van der Waals surface area contributed by atoms with E-state index in [-0.39, 0.29) is 5.82 Å². The smallest absolute Gasteiger partial charge is 0.123 e. The van der Waals surface area contributed by atoms with E-state index in [0.29, 0.717) is 0 Å². The van der Waals surface area contributed by atoms with Gasteiger partial charge in [-0.05, 0) is 37.1 Å². The van der Waals surface area contributed by atoms with Crippen LogP contribution in [0, 0.1) is 5.82 Å². The molecule has 0 fully saturated rings. The van der Waals surface area contributed by atoms with E-state index >= 15 is 0 Å². The summed E-state index contributed by atoms with van der Waals surface area (Å²) in [5, 5.41) is 0. The minimum absolute atomic E-state index is 0.157. The van der Waals surface area contributed by atoms with Crippen LogP contribution in [-0.2, 0) is 6.54 Å². The van der Waals surface area contributed by atoms with Crippen molar-refractivity contribution in [3.8, 4) is 0 Å². The number of hydrogen-bond acceptors (Lipinski definition) is 0. The standard InChI is InChI=1S/C21H31FN/c1-2-3-4-5-6-7-8-9-16-23(17-10-11-18-23)19-20-12-14-21(22)15-13-20/h10-15,17-18H,2-9,16,19H2,1H3/q+1. The van der Waals surface area contributed by atoms with E-state index < -0.39 is 0 Å². The summed E-state index contributed by atoms with van der Waals surface area (Å²) in [6, 6.07) is 6.93. The molecule has 1 aromatic rings. The van der Waals surface area contributed by atoms with Crippen LogP contribution in [0.4, 0.5) is 4.39 Å². The molecule has 1 aliphatic rings. The first-order valence-electron chi connectivity index (χ1n) is 9.22. The number of benzene rings is 1. The maximum absolute atomic E-state index is 13.1. The number of nitrogens with zero attached hydrogens (tertiary/aromatic N) is 1. The second-order valence-electron chi connectivity index (χ2n) is 6.77.